The molecule has 1 N–H and O–H groups in total. The largest absolute Gasteiger partial charge is 0.478 e. The van der Waals surface area contributed by atoms with Crippen molar-refractivity contribution in [1.82, 2.24) is 19.4 Å². The molecule has 214 valence electrons. The van der Waals surface area contributed by atoms with Gasteiger partial charge in [-0.05, 0) is 49.2 Å². The number of aromatic nitrogens is 3. The highest BCUT2D eigenvalue weighted by Gasteiger charge is 2.45. The van der Waals surface area contributed by atoms with Crippen LogP contribution in [0.4, 0.5) is 10.2 Å². The van der Waals surface area contributed by atoms with E-state index in [1.54, 1.807) is 36.4 Å². The van der Waals surface area contributed by atoms with Crippen LogP contribution in [-0.4, -0.2) is 68.4 Å². The van der Waals surface area contributed by atoms with Gasteiger partial charge >= 0.3 is 5.97 Å². The Balaban J connectivity index is 1.04. The summed E-state index contributed by atoms with van der Waals surface area (Å²) in [7, 11) is 0. The molecule has 2 unspecified atom stereocenters. The number of carbonyl (C=O) groups is 1. The van der Waals surface area contributed by atoms with E-state index in [0.717, 1.165) is 55.2 Å². The highest BCUT2D eigenvalue weighted by atomic mass is 19.1. The molecule has 11 heteroatoms. The molecule has 2 aromatic carbocycles. The highest BCUT2D eigenvalue weighted by molar-refractivity contribution is 5.92. The molecule has 0 saturated carbocycles. The molecule has 4 aromatic rings. The first-order valence-corrected chi connectivity index (χ1v) is 14.1. The fraction of sp³-hybridized carbons (Fsp3) is 0.355. The molecular formula is C31H29FN6O4. The van der Waals surface area contributed by atoms with Crippen LogP contribution in [0.5, 0.6) is 5.88 Å². The van der Waals surface area contributed by atoms with Crippen molar-refractivity contribution in [3.8, 4) is 11.9 Å². The van der Waals surface area contributed by atoms with Crippen LogP contribution in [0, 0.1) is 17.1 Å². The van der Waals surface area contributed by atoms with E-state index in [2.05, 4.69) is 14.4 Å². The number of halogens is 1. The fourth-order valence-electron chi connectivity index (χ4n) is 6.18. The standard InChI is InChI=1S/C31H29FN6O4/c32-25-10-19(13-33)4-5-21(25)18-42-30-3-1-2-28(35-30)38-22-12-23(38)15-36(14-22)17-29-34-26-7-6-20(31(39)40)11-27(26)37(29)16-24-8-9-41-24/h1-7,10-11,22-24H,8-9,12,14-18H2,(H,39,40)/t22?,23?,24-/m0/s1. The number of nitrogens with zero attached hydrogens (tertiary/aromatic N) is 6. The van der Waals surface area contributed by atoms with Crippen LogP contribution in [-0.2, 0) is 24.4 Å². The predicted octanol–water partition coefficient (Wildman–Crippen LogP) is 3.97. The van der Waals surface area contributed by atoms with Gasteiger partial charge in [-0.15, -0.1) is 0 Å². The average Bonchev–Trinajstić information content (AvgIpc) is 3.30. The lowest BCUT2D eigenvalue weighted by atomic mass is 9.87. The van der Waals surface area contributed by atoms with Crippen LogP contribution in [0.15, 0.2) is 54.6 Å². The first kappa shape index (κ1) is 26.4. The van der Waals surface area contributed by atoms with Crippen molar-refractivity contribution in [2.75, 3.05) is 24.6 Å². The SMILES string of the molecule is N#Cc1ccc(COc2cccc(N3C4CC3CN(Cc3nc5ccc(C(=O)O)cc5n3C[C@@H]3CCO3)C4)n2)c(F)c1. The van der Waals surface area contributed by atoms with Crippen molar-refractivity contribution < 1.29 is 23.8 Å². The quantitative estimate of drug-likeness (QED) is 0.320. The van der Waals surface area contributed by atoms with E-state index in [9.17, 15) is 14.3 Å². The zero-order chi connectivity index (χ0) is 28.8. The van der Waals surface area contributed by atoms with E-state index in [-0.39, 0.29) is 23.8 Å². The van der Waals surface area contributed by atoms with Crippen LogP contribution in [0.1, 0.15) is 40.2 Å². The molecule has 42 heavy (non-hydrogen) atoms. The van der Waals surface area contributed by atoms with Gasteiger partial charge in [0.2, 0.25) is 5.88 Å². The maximum atomic E-state index is 14.3. The molecule has 0 aliphatic carbocycles. The Bertz CT molecular complexity index is 1700. The Hall–Kier alpha value is -4.53. The van der Waals surface area contributed by atoms with Crippen LogP contribution >= 0.6 is 0 Å². The van der Waals surface area contributed by atoms with Gasteiger partial charge in [0.25, 0.3) is 0 Å². The summed E-state index contributed by atoms with van der Waals surface area (Å²) in [5, 5.41) is 18.5. The molecule has 4 saturated heterocycles. The molecule has 3 atom stereocenters. The number of anilines is 1. The van der Waals surface area contributed by atoms with Gasteiger partial charge < -0.3 is 24.0 Å². The van der Waals surface area contributed by atoms with E-state index in [0.29, 0.717) is 36.6 Å². The third-order valence-electron chi connectivity index (χ3n) is 8.42. The zero-order valence-corrected chi connectivity index (χ0v) is 22.8. The topological polar surface area (TPSA) is 117 Å². The minimum atomic E-state index is -0.952. The monoisotopic (exact) mass is 568 g/mol. The van der Waals surface area contributed by atoms with Gasteiger partial charge in [0.1, 0.15) is 24.1 Å². The summed E-state index contributed by atoms with van der Waals surface area (Å²) in [6.45, 7) is 3.80. The van der Waals surface area contributed by atoms with Gasteiger partial charge in [-0.1, -0.05) is 12.1 Å². The molecule has 2 aromatic heterocycles. The van der Waals surface area contributed by atoms with E-state index in [1.807, 2.05) is 18.2 Å². The molecule has 4 aliphatic rings. The number of fused-ring (bicyclic) bond motifs is 3. The molecule has 8 rings (SSSR count). The van der Waals surface area contributed by atoms with E-state index in [1.165, 1.54) is 6.07 Å². The number of ether oxygens (including phenoxy) is 2. The Labute approximate surface area is 241 Å². The number of piperidine rings is 1. The van der Waals surface area contributed by atoms with Crippen molar-refractivity contribution in [2.24, 2.45) is 0 Å². The lowest BCUT2D eigenvalue weighted by Crippen LogP contribution is -2.69. The summed E-state index contributed by atoms with van der Waals surface area (Å²) >= 11 is 0. The summed E-state index contributed by atoms with van der Waals surface area (Å²) in [5.41, 5.74) is 2.50. The van der Waals surface area contributed by atoms with Crippen molar-refractivity contribution in [2.45, 2.75) is 50.7 Å². The molecule has 2 bridgehead atoms. The number of rotatable bonds is 9. The summed E-state index contributed by atoms with van der Waals surface area (Å²) in [6, 6.07) is 17.6. The molecule has 0 radical (unpaired) electrons. The van der Waals surface area contributed by atoms with Crippen LogP contribution < -0.4 is 9.64 Å². The van der Waals surface area contributed by atoms with Gasteiger partial charge in [-0.25, -0.2) is 14.2 Å². The molecular weight excluding hydrogens is 539 g/mol. The molecule has 0 spiro atoms. The smallest absolute Gasteiger partial charge is 0.335 e. The second kappa shape index (κ2) is 10.7. The number of pyridine rings is 1. The Kier molecular flexibility index (Phi) is 6.72. The van der Waals surface area contributed by atoms with Gasteiger partial charge in [0, 0.05) is 43.4 Å². The number of piperazine rings is 1. The van der Waals surface area contributed by atoms with Gasteiger partial charge in [-0.3, -0.25) is 4.90 Å². The fourth-order valence-corrected chi connectivity index (χ4v) is 6.18. The molecule has 6 heterocycles. The maximum absolute atomic E-state index is 14.3. The summed E-state index contributed by atoms with van der Waals surface area (Å²) in [4.78, 5) is 26.0. The zero-order valence-electron chi connectivity index (χ0n) is 22.8. The predicted molar refractivity (Wildman–Crippen MR) is 151 cm³/mol. The van der Waals surface area contributed by atoms with Crippen LogP contribution in [0.25, 0.3) is 11.0 Å². The molecule has 4 fully saturated rings. The third kappa shape index (κ3) is 4.93. The van der Waals surface area contributed by atoms with E-state index >= 15 is 0 Å². The van der Waals surface area contributed by atoms with Crippen LogP contribution in [0.2, 0.25) is 0 Å². The van der Waals surface area contributed by atoms with Crippen LogP contribution in [0.3, 0.4) is 0 Å². The Morgan fingerprint density at radius 3 is 2.69 bits per heavy atom. The van der Waals surface area contributed by atoms with Crippen molar-refractivity contribution in [3.63, 3.8) is 0 Å². The lowest BCUT2D eigenvalue weighted by Gasteiger charge is -2.57. The van der Waals surface area contributed by atoms with Crippen molar-refractivity contribution in [1.29, 1.82) is 5.26 Å². The number of imidazole rings is 1. The van der Waals surface area contributed by atoms with Crippen molar-refractivity contribution in [3.05, 3.63) is 82.9 Å². The molecule has 0 amide bonds. The normalized spacial score (nSPS) is 21.4. The molecule has 10 nitrogen and oxygen atoms in total. The summed E-state index contributed by atoms with van der Waals surface area (Å²) in [6.07, 6.45) is 2.18. The number of nitriles is 1. The van der Waals surface area contributed by atoms with Crippen molar-refractivity contribution >= 4 is 22.8 Å². The number of hydrogen-bond donors (Lipinski definition) is 1. The lowest BCUT2D eigenvalue weighted by molar-refractivity contribution is -0.0593. The van der Waals surface area contributed by atoms with Gasteiger partial charge in [0.05, 0.1) is 47.4 Å². The van der Waals surface area contributed by atoms with Gasteiger partial charge in [0.15, 0.2) is 0 Å². The van der Waals surface area contributed by atoms with Gasteiger partial charge in [-0.2, -0.15) is 10.2 Å². The minimum Gasteiger partial charge on any atom is -0.478 e. The maximum Gasteiger partial charge on any atom is 0.335 e. The average molecular weight is 569 g/mol. The first-order chi connectivity index (χ1) is 20.4. The third-order valence-corrected chi connectivity index (χ3v) is 8.42. The number of hydrogen-bond acceptors (Lipinski definition) is 8. The highest BCUT2D eigenvalue weighted by Crippen LogP contribution is 2.37. The number of carboxylic acids is 1. The number of carboxylic acid groups (broad SMARTS) is 1. The first-order valence-electron chi connectivity index (χ1n) is 14.1. The minimum absolute atomic E-state index is 0.0233. The number of aromatic carboxylic acids is 1. The molecule has 4 aliphatic heterocycles. The Morgan fingerprint density at radius 2 is 1.98 bits per heavy atom. The van der Waals surface area contributed by atoms with E-state index in [4.69, 9.17) is 24.7 Å². The Morgan fingerprint density at radius 1 is 1.14 bits per heavy atom. The second-order valence-electron chi connectivity index (χ2n) is 11.1. The van der Waals surface area contributed by atoms with E-state index < -0.39 is 11.8 Å². The number of benzene rings is 2. The summed E-state index contributed by atoms with van der Waals surface area (Å²) < 4.78 is 27.9. The second-order valence-corrected chi connectivity index (χ2v) is 11.1. The summed E-state index contributed by atoms with van der Waals surface area (Å²) in [5.74, 6) is 0.750.